The second kappa shape index (κ2) is 4.67. The van der Waals surface area contributed by atoms with E-state index in [1.807, 2.05) is 30.5 Å². The first kappa shape index (κ1) is 13.0. The molecule has 94 valence electrons. The molecule has 1 aromatic heterocycles. The van der Waals surface area contributed by atoms with E-state index in [-0.39, 0.29) is 5.56 Å². The Hall–Kier alpha value is -1.45. The molecule has 0 aliphatic carbocycles. The summed E-state index contributed by atoms with van der Waals surface area (Å²) in [4.78, 5) is 10.9. The average molecular weight is 284 g/mol. The summed E-state index contributed by atoms with van der Waals surface area (Å²) in [5.41, 5.74) is 2.67. The number of aromatic nitrogens is 1. The number of benzene rings is 1. The second-order valence-electron chi connectivity index (χ2n) is 4.05. The van der Waals surface area contributed by atoms with Gasteiger partial charge >= 0.3 is 5.97 Å². The number of nitrogens with zero attached hydrogens (tertiary/aromatic N) is 1. The minimum Gasteiger partial charge on any atom is -0.478 e. The highest BCUT2D eigenvalue weighted by Gasteiger charge is 2.15. The van der Waals surface area contributed by atoms with Gasteiger partial charge in [-0.1, -0.05) is 23.2 Å². The molecule has 0 bridgehead atoms. The van der Waals surface area contributed by atoms with Gasteiger partial charge in [-0.2, -0.15) is 0 Å². The number of carboxylic acid groups (broad SMARTS) is 1. The number of aryl methyl sites for hydroxylation is 2. The quantitative estimate of drug-likeness (QED) is 0.902. The van der Waals surface area contributed by atoms with Crippen LogP contribution in [0.25, 0.3) is 5.69 Å². The molecule has 1 N–H and O–H groups in total. The lowest BCUT2D eigenvalue weighted by Gasteiger charge is -2.14. The topological polar surface area (TPSA) is 42.2 Å². The molecule has 18 heavy (non-hydrogen) atoms. The Morgan fingerprint density at radius 2 is 1.56 bits per heavy atom. The van der Waals surface area contributed by atoms with Crippen LogP contribution in [0.1, 0.15) is 21.7 Å². The van der Waals surface area contributed by atoms with Crippen molar-refractivity contribution in [1.29, 1.82) is 0 Å². The minimum absolute atomic E-state index is 0.0798. The largest absolute Gasteiger partial charge is 0.478 e. The molecule has 0 aliphatic rings. The molecule has 0 atom stereocenters. The highest BCUT2D eigenvalue weighted by molar-refractivity contribution is 6.38. The van der Waals surface area contributed by atoms with Gasteiger partial charge in [-0.25, -0.2) is 4.79 Å². The van der Waals surface area contributed by atoms with E-state index in [2.05, 4.69) is 0 Å². The second-order valence-corrected chi connectivity index (χ2v) is 4.86. The summed E-state index contributed by atoms with van der Waals surface area (Å²) in [5.74, 6) is -1.05. The monoisotopic (exact) mass is 283 g/mol. The van der Waals surface area contributed by atoms with Crippen LogP contribution < -0.4 is 0 Å². The van der Waals surface area contributed by atoms with Crippen molar-refractivity contribution in [2.24, 2.45) is 0 Å². The van der Waals surface area contributed by atoms with Crippen molar-refractivity contribution >= 4 is 29.2 Å². The number of carboxylic acids is 1. The average Bonchev–Trinajstić information content (AvgIpc) is 2.59. The first-order chi connectivity index (χ1) is 8.41. The normalized spacial score (nSPS) is 10.7. The summed E-state index contributed by atoms with van der Waals surface area (Å²) in [5, 5.41) is 9.58. The van der Waals surface area contributed by atoms with Crippen LogP contribution in [-0.2, 0) is 0 Å². The maximum Gasteiger partial charge on any atom is 0.335 e. The zero-order valence-corrected chi connectivity index (χ0v) is 11.4. The molecule has 3 nitrogen and oxygen atoms in total. The molecule has 0 saturated carbocycles. The summed E-state index contributed by atoms with van der Waals surface area (Å²) in [6, 6.07) is 6.72. The van der Waals surface area contributed by atoms with Crippen molar-refractivity contribution in [3.05, 3.63) is 51.3 Å². The molecule has 0 unspecified atom stereocenters. The molecular weight excluding hydrogens is 273 g/mol. The highest BCUT2D eigenvalue weighted by Crippen LogP contribution is 2.32. The fraction of sp³-hybridized carbons (Fsp3) is 0.154. The van der Waals surface area contributed by atoms with Gasteiger partial charge in [-0.3, -0.25) is 0 Å². The van der Waals surface area contributed by atoms with Crippen LogP contribution in [0, 0.1) is 13.8 Å². The van der Waals surface area contributed by atoms with Gasteiger partial charge in [0.05, 0.1) is 21.3 Å². The number of rotatable bonds is 2. The van der Waals surface area contributed by atoms with Crippen molar-refractivity contribution in [3.8, 4) is 5.69 Å². The summed E-state index contributed by atoms with van der Waals surface area (Å²) in [6.45, 7) is 3.87. The molecule has 2 rings (SSSR count). The van der Waals surface area contributed by atoms with Crippen LogP contribution in [0.2, 0.25) is 10.0 Å². The maximum atomic E-state index is 10.9. The van der Waals surface area contributed by atoms with Crippen molar-refractivity contribution < 1.29 is 9.90 Å². The highest BCUT2D eigenvalue weighted by atomic mass is 35.5. The molecule has 2 aromatic rings. The summed E-state index contributed by atoms with van der Waals surface area (Å²) in [6.07, 6.45) is 0. The van der Waals surface area contributed by atoms with Gasteiger partial charge in [0.25, 0.3) is 0 Å². The molecule has 1 aromatic carbocycles. The van der Waals surface area contributed by atoms with Gasteiger partial charge in [0, 0.05) is 11.4 Å². The van der Waals surface area contributed by atoms with Gasteiger partial charge in [0.15, 0.2) is 0 Å². The molecule has 0 spiro atoms. The number of aromatic carboxylic acids is 1. The van der Waals surface area contributed by atoms with Gasteiger partial charge in [0.1, 0.15) is 0 Å². The van der Waals surface area contributed by atoms with E-state index in [1.165, 1.54) is 12.1 Å². The molecule has 1 heterocycles. The third-order valence-corrected chi connectivity index (χ3v) is 3.33. The Morgan fingerprint density at radius 1 is 1.11 bits per heavy atom. The first-order valence-corrected chi connectivity index (χ1v) is 6.05. The predicted molar refractivity (Wildman–Crippen MR) is 72.2 cm³/mol. The van der Waals surface area contributed by atoms with Crippen molar-refractivity contribution in [3.63, 3.8) is 0 Å². The van der Waals surface area contributed by atoms with Crippen molar-refractivity contribution in [2.75, 3.05) is 0 Å². The van der Waals surface area contributed by atoms with Gasteiger partial charge in [0.2, 0.25) is 0 Å². The van der Waals surface area contributed by atoms with Crippen LogP contribution in [0.3, 0.4) is 0 Å². The number of halogens is 2. The molecule has 0 amide bonds. The molecule has 5 heteroatoms. The smallest absolute Gasteiger partial charge is 0.335 e. The molecule has 0 aliphatic heterocycles. The number of hydrogen-bond acceptors (Lipinski definition) is 1. The van der Waals surface area contributed by atoms with E-state index in [4.69, 9.17) is 28.3 Å². The SMILES string of the molecule is Cc1ccc(C)n1-c1c(Cl)cc(C(=O)O)cc1Cl. The Bertz CT molecular complexity index is 589. The van der Waals surface area contributed by atoms with Crippen molar-refractivity contribution in [1.82, 2.24) is 4.57 Å². The van der Waals surface area contributed by atoms with Gasteiger partial charge < -0.3 is 9.67 Å². The standard InChI is InChI=1S/C13H11Cl2NO2/c1-7-3-4-8(2)16(7)12-10(14)5-9(13(17)18)6-11(12)15/h3-6H,1-2H3,(H,17,18). The molecular formula is C13H11Cl2NO2. The number of hydrogen-bond donors (Lipinski definition) is 1. The summed E-state index contributed by atoms with van der Waals surface area (Å²) >= 11 is 12.3. The lowest BCUT2D eigenvalue weighted by Crippen LogP contribution is -2.03. The minimum atomic E-state index is -1.05. The van der Waals surface area contributed by atoms with E-state index >= 15 is 0 Å². The molecule has 0 fully saturated rings. The Balaban J connectivity index is 2.70. The number of carbonyl (C=O) groups is 1. The van der Waals surface area contributed by atoms with Gasteiger partial charge in [-0.05, 0) is 38.1 Å². The first-order valence-electron chi connectivity index (χ1n) is 5.29. The van der Waals surface area contributed by atoms with E-state index < -0.39 is 5.97 Å². The summed E-state index contributed by atoms with van der Waals surface area (Å²) in [7, 11) is 0. The fourth-order valence-electron chi connectivity index (χ4n) is 1.92. The van der Waals surface area contributed by atoms with E-state index in [9.17, 15) is 4.79 Å². The lowest BCUT2D eigenvalue weighted by atomic mass is 10.2. The zero-order chi connectivity index (χ0) is 13.4. The van der Waals surface area contributed by atoms with Gasteiger partial charge in [-0.15, -0.1) is 0 Å². The van der Waals surface area contributed by atoms with Crippen LogP contribution in [0.4, 0.5) is 0 Å². The fourth-order valence-corrected chi connectivity index (χ4v) is 2.58. The summed E-state index contributed by atoms with van der Waals surface area (Å²) < 4.78 is 1.90. The predicted octanol–water partition coefficient (Wildman–Crippen LogP) is 4.10. The van der Waals surface area contributed by atoms with Crippen LogP contribution in [0.5, 0.6) is 0 Å². The van der Waals surface area contributed by atoms with E-state index in [0.717, 1.165) is 11.4 Å². The lowest BCUT2D eigenvalue weighted by molar-refractivity contribution is 0.0697. The van der Waals surface area contributed by atoms with E-state index in [0.29, 0.717) is 15.7 Å². The third-order valence-electron chi connectivity index (χ3n) is 2.76. The van der Waals surface area contributed by atoms with Crippen molar-refractivity contribution in [2.45, 2.75) is 13.8 Å². The van der Waals surface area contributed by atoms with Crippen LogP contribution >= 0.6 is 23.2 Å². The Labute approximate surface area is 115 Å². The zero-order valence-electron chi connectivity index (χ0n) is 9.87. The maximum absolute atomic E-state index is 10.9. The Kier molecular flexibility index (Phi) is 3.37. The van der Waals surface area contributed by atoms with Crippen LogP contribution in [-0.4, -0.2) is 15.6 Å². The van der Waals surface area contributed by atoms with E-state index in [1.54, 1.807) is 0 Å². The van der Waals surface area contributed by atoms with Crippen LogP contribution in [0.15, 0.2) is 24.3 Å². The molecule has 0 saturated heterocycles. The molecule has 0 radical (unpaired) electrons. The third kappa shape index (κ3) is 2.11. The Morgan fingerprint density at radius 3 is 1.94 bits per heavy atom.